The molecule has 1 aromatic rings. The zero-order chi connectivity index (χ0) is 19.6. The van der Waals surface area contributed by atoms with Crippen LogP contribution >= 0.6 is 12.4 Å². The van der Waals surface area contributed by atoms with Crippen molar-refractivity contribution >= 4 is 30.3 Å². The first kappa shape index (κ1) is 22.0. The van der Waals surface area contributed by atoms with Gasteiger partial charge in [0.2, 0.25) is 5.91 Å². The second-order valence-corrected chi connectivity index (χ2v) is 7.32. The number of hydrogen-bond acceptors (Lipinski definition) is 5. The summed E-state index contributed by atoms with van der Waals surface area (Å²) in [5, 5.41) is 8.87. The molecule has 3 rings (SSSR count). The van der Waals surface area contributed by atoms with Crippen molar-refractivity contribution in [1.29, 1.82) is 0 Å². The van der Waals surface area contributed by atoms with Crippen LogP contribution in [0.3, 0.4) is 0 Å². The van der Waals surface area contributed by atoms with E-state index in [-0.39, 0.29) is 30.9 Å². The fraction of sp³-hybridized carbons (Fsp3) is 0.526. The Kier molecular flexibility index (Phi) is 6.90. The van der Waals surface area contributed by atoms with E-state index in [9.17, 15) is 14.4 Å². The fourth-order valence-corrected chi connectivity index (χ4v) is 3.54. The van der Waals surface area contributed by atoms with E-state index in [1.807, 2.05) is 0 Å². The van der Waals surface area contributed by atoms with Crippen LogP contribution in [0.25, 0.3) is 0 Å². The van der Waals surface area contributed by atoms with Crippen LogP contribution in [0.1, 0.15) is 25.8 Å². The number of imide groups is 1. The lowest BCUT2D eigenvalue weighted by atomic mass is 9.92. The number of piperidine rings is 1. The molecule has 4 amide bonds. The maximum absolute atomic E-state index is 12.9. The monoisotopic (exact) mass is 410 g/mol. The lowest BCUT2D eigenvalue weighted by molar-refractivity contribution is -0.135. The van der Waals surface area contributed by atoms with E-state index < -0.39 is 17.5 Å². The van der Waals surface area contributed by atoms with Gasteiger partial charge < -0.3 is 20.7 Å². The normalized spacial score (nSPS) is 27.0. The summed E-state index contributed by atoms with van der Waals surface area (Å²) in [4.78, 5) is 38.6. The molecular weight excluding hydrogens is 384 g/mol. The zero-order valence-electron chi connectivity index (χ0n) is 16.3. The van der Waals surface area contributed by atoms with Crippen LogP contribution in [0.15, 0.2) is 24.3 Å². The molecule has 0 spiro atoms. The van der Waals surface area contributed by atoms with Crippen LogP contribution in [-0.2, 0) is 15.1 Å². The Labute approximate surface area is 170 Å². The third-order valence-corrected chi connectivity index (χ3v) is 5.42. The number of halogens is 1. The minimum absolute atomic E-state index is 0. The standard InChI is InChI=1S/C19H26N4O4.ClH/c1-12-8-9-20-10-15(12)21-16(24)11-23-17(25)19(2,22-18(23)26)13-4-6-14(27-3)7-5-13;/h4-7,12,15,20H,8-11H2,1-3H3,(H,21,24)(H,22,26);1H. The first-order chi connectivity index (χ1) is 12.8. The van der Waals surface area contributed by atoms with Gasteiger partial charge in [-0.3, -0.25) is 14.5 Å². The maximum atomic E-state index is 12.9. The van der Waals surface area contributed by atoms with Gasteiger partial charge in [0.1, 0.15) is 17.8 Å². The molecule has 3 atom stereocenters. The summed E-state index contributed by atoms with van der Waals surface area (Å²) in [7, 11) is 1.56. The number of urea groups is 1. The smallest absolute Gasteiger partial charge is 0.325 e. The van der Waals surface area contributed by atoms with Gasteiger partial charge in [0.25, 0.3) is 5.91 Å². The molecule has 0 radical (unpaired) electrons. The van der Waals surface area contributed by atoms with Crippen molar-refractivity contribution in [2.45, 2.75) is 31.8 Å². The third kappa shape index (κ3) is 4.23. The zero-order valence-corrected chi connectivity index (χ0v) is 17.1. The summed E-state index contributed by atoms with van der Waals surface area (Å²) in [5.74, 6) is 0.231. The number of amides is 4. The van der Waals surface area contributed by atoms with Crippen LogP contribution in [0, 0.1) is 5.92 Å². The molecule has 0 aromatic heterocycles. The van der Waals surface area contributed by atoms with Gasteiger partial charge in [-0.1, -0.05) is 19.1 Å². The molecular formula is C19H27ClN4O4. The highest BCUT2D eigenvalue weighted by Gasteiger charge is 2.49. The number of nitrogens with one attached hydrogen (secondary N) is 3. The van der Waals surface area contributed by atoms with Crippen LogP contribution in [-0.4, -0.2) is 55.5 Å². The molecule has 2 fully saturated rings. The van der Waals surface area contributed by atoms with Crippen molar-refractivity contribution < 1.29 is 19.1 Å². The molecule has 0 saturated carbocycles. The highest BCUT2D eigenvalue weighted by molar-refractivity contribution is 6.09. The van der Waals surface area contributed by atoms with Crippen molar-refractivity contribution in [2.75, 3.05) is 26.7 Å². The second-order valence-electron chi connectivity index (χ2n) is 7.32. The predicted molar refractivity (Wildman–Crippen MR) is 106 cm³/mol. The van der Waals surface area contributed by atoms with E-state index in [4.69, 9.17) is 4.74 Å². The lowest BCUT2D eigenvalue weighted by Gasteiger charge is -2.30. The number of nitrogens with zero attached hydrogens (tertiary/aromatic N) is 1. The Bertz CT molecular complexity index is 742. The van der Waals surface area contributed by atoms with E-state index in [1.54, 1.807) is 38.3 Å². The van der Waals surface area contributed by atoms with Crippen LogP contribution < -0.4 is 20.7 Å². The summed E-state index contributed by atoms with van der Waals surface area (Å²) in [6.45, 7) is 5.05. The molecule has 2 aliphatic rings. The number of rotatable bonds is 5. The van der Waals surface area contributed by atoms with E-state index in [0.29, 0.717) is 23.8 Å². The van der Waals surface area contributed by atoms with Gasteiger partial charge in [-0.25, -0.2) is 4.79 Å². The quantitative estimate of drug-likeness (QED) is 0.629. The van der Waals surface area contributed by atoms with Gasteiger partial charge in [0.05, 0.1) is 7.11 Å². The molecule has 0 bridgehead atoms. The Hall–Kier alpha value is -2.32. The maximum Gasteiger partial charge on any atom is 0.325 e. The highest BCUT2D eigenvalue weighted by Crippen LogP contribution is 2.29. The van der Waals surface area contributed by atoms with Crippen molar-refractivity contribution in [3.8, 4) is 5.75 Å². The first-order valence-electron chi connectivity index (χ1n) is 9.14. The van der Waals surface area contributed by atoms with Crippen molar-refractivity contribution in [2.24, 2.45) is 5.92 Å². The van der Waals surface area contributed by atoms with Gasteiger partial charge >= 0.3 is 6.03 Å². The molecule has 3 unspecified atom stereocenters. The summed E-state index contributed by atoms with van der Waals surface area (Å²) in [6, 6.07) is 6.36. The van der Waals surface area contributed by atoms with Gasteiger partial charge in [0, 0.05) is 12.6 Å². The summed E-state index contributed by atoms with van der Waals surface area (Å²) < 4.78 is 5.13. The van der Waals surface area contributed by atoms with Gasteiger partial charge in [0.15, 0.2) is 0 Å². The average Bonchev–Trinajstić information content (AvgIpc) is 2.88. The Morgan fingerprint density at radius 3 is 2.61 bits per heavy atom. The van der Waals surface area contributed by atoms with Crippen molar-refractivity contribution in [1.82, 2.24) is 20.9 Å². The van der Waals surface area contributed by atoms with Crippen LogP contribution in [0.4, 0.5) is 4.79 Å². The van der Waals surface area contributed by atoms with Gasteiger partial charge in [-0.2, -0.15) is 0 Å². The Morgan fingerprint density at radius 1 is 1.32 bits per heavy atom. The SMILES string of the molecule is COc1ccc(C2(C)NC(=O)N(CC(=O)NC3CNCCC3C)C2=O)cc1.Cl. The minimum Gasteiger partial charge on any atom is -0.497 e. The predicted octanol–water partition coefficient (Wildman–Crippen LogP) is 0.998. The molecule has 1 aromatic carbocycles. The van der Waals surface area contributed by atoms with Crippen LogP contribution in [0.2, 0.25) is 0 Å². The number of carbonyl (C=O) groups is 3. The molecule has 154 valence electrons. The fourth-order valence-electron chi connectivity index (χ4n) is 3.54. The summed E-state index contributed by atoms with van der Waals surface area (Å²) >= 11 is 0. The number of hydrogen-bond donors (Lipinski definition) is 3. The second kappa shape index (κ2) is 8.79. The van der Waals surface area contributed by atoms with Crippen molar-refractivity contribution in [3.63, 3.8) is 0 Å². The Balaban J connectivity index is 0.00000280. The highest BCUT2D eigenvalue weighted by atomic mass is 35.5. The molecule has 2 heterocycles. The molecule has 2 aliphatic heterocycles. The van der Waals surface area contributed by atoms with E-state index >= 15 is 0 Å². The van der Waals surface area contributed by atoms with Crippen LogP contribution in [0.5, 0.6) is 5.75 Å². The van der Waals surface area contributed by atoms with E-state index in [2.05, 4.69) is 22.9 Å². The number of carbonyl (C=O) groups excluding carboxylic acids is 3. The lowest BCUT2D eigenvalue weighted by Crippen LogP contribution is -2.53. The molecule has 9 heteroatoms. The molecule has 8 nitrogen and oxygen atoms in total. The first-order valence-corrected chi connectivity index (χ1v) is 9.14. The van der Waals surface area contributed by atoms with Gasteiger partial charge in [-0.05, 0) is 43.5 Å². The molecule has 0 aliphatic carbocycles. The van der Waals surface area contributed by atoms with Gasteiger partial charge in [-0.15, -0.1) is 12.4 Å². The topological polar surface area (TPSA) is 99.8 Å². The molecule has 28 heavy (non-hydrogen) atoms. The van der Waals surface area contributed by atoms with E-state index in [0.717, 1.165) is 17.9 Å². The third-order valence-electron chi connectivity index (χ3n) is 5.42. The molecule has 2 saturated heterocycles. The van der Waals surface area contributed by atoms with Crippen molar-refractivity contribution in [3.05, 3.63) is 29.8 Å². The summed E-state index contributed by atoms with van der Waals surface area (Å²) in [5.41, 5.74) is -0.571. The molecule has 3 N–H and O–H groups in total. The van der Waals surface area contributed by atoms with E-state index in [1.165, 1.54) is 0 Å². The Morgan fingerprint density at radius 2 is 2.00 bits per heavy atom. The minimum atomic E-state index is -1.21. The average molecular weight is 411 g/mol. The largest absolute Gasteiger partial charge is 0.497 e. The number of benzene rings is 1. The summed E-state index contributed by atoms with van der Waals surface area (Å²) in [6.07, 6.45) is 0.976. The number of methoxy groups -OCH3 is 1. The number of ether oxygens (including phenoxy) is 1.